The molecule has 2 aliphatic heterocycles. The van der Waals surface area contributed by atoms with Gasteiger partial charge in [0.15, 0.2) is 0 Å². The average Bonchev–Trinajstić information content (AvgIpc) is 4.20. The second-order valence-corrected chi connectivity index (χ2v) is 15.0. The van der Waals surface area contributed by atoms with E-state index in [1.807, 2.05) is 0 Å². The van der Waals surface area contributed by atoms with E-state index in [2.05, 4.69) is 170 Å². The summed E-state index contributed by atoms with van der Waals surface area (Å²) in [5.74, 6) is 1.73. The summed E-state index contributed by atoms with van der Waals surface area (Å²) < 4.78 is 23.0. The Balaban J connectivity index is 1.16. The van der Waals surface area contributed by atoms with E-state index in [1.54, 1.807) is 0 Å². The van der Waals surface area contributed by atoms with Gasteiger partial charge in [0.1, 0.15) is 36.9 Å². The molecule has 0 amide bonds. The van der Waals surface area contributed by atoms with E-state index >= 15 is 0 Å². The number of hydrogen-bond donors (Lipinski definition) is 0. The monoisotopic (exact) mass is 714 g/mol. The van der Waals surface area contributed by atoms with E-state index in [0.717, 1.165) is 35.5 Å². The lowest BCUT2D eigenvalue weighted by Gasteiger charge is -2.35. The average molecular weight is 715 g/mol. The van der Waals surface area contributed by atoms with Crippen molar-refractivity contribution in [3.05, 3.63) is 192 Å². The fourth-order valence-corrected chi connectivity index (χ4v) is 8.53. The Morgan fingerprint density at radius 1 is 0.418 bits per heavy atom. The molecule has 8 aromatic carbocycles. The fraction of sp³-hybridized carbons (Fsp3) is 0.137. The van der Waals surface area contributed by atoms with Crippen LogP contribution in [0.3, 0.4) is 0 Å². The largest absolute Gasteiger partial charge is 0.491 e. The molecule has 4 nitrogen and oxygen atoms in total. The molecule has 55 heavy (non-hydrogen) atoms. The van der Waals surface area contributed by atoms with Crippen LogP contribution in [0.5, 0.6) is 11.5 Å². The number of benzene rings is 8. The van der Waals surface area contributed by atoms with Crippen LogP contribution in [0.1, 0.15) is 22.3 Å². The summed E-state index contributed by atoms with van der Waals surface area (Å²) in [5.41, 5.74) is 11.7. The van der Waals surface area contributed by atoms with Crippen LogP contribution in [0.15, 0.2) is 170 Å². The van der Waals surface area contributed by atoms with Crippen LogP contribution in [0.25, 0.3) is 54.9 Å². The minimum atomic E-state index is -0.625. The van der Waals surface area contributed by atoms with E-state index in [-0.39, 0.29) is 12.2 Å². The van der Waals surface area contributed by atoms with Crippen LogP contribution < -0.4 is 9.47 Å². The summed E-state index contributed by atoms with van der Waals surface area (Å²) in [5, 5.41) is 4.63. The number of epoxide rings is 2. The molecular formula is C51H38O4. The van der Waals surface area contributed by atoms with Gasteiger partial charge < -0.3 is 18.9 Å². The van der Waals surface area contributed by atoms with Crippen LogP contribution in [0.4, 0.5) is 0 Å². The molecule has 2 fully saturated rings. The minimum absolute atomic E-state index is 0.209. The summed E-state index contributed by atoms with van der Waals surface area (Å²) in [4.78, 5) is 0. The van der Waals surface area contributed by atoms with Gasteiger partial charge in [-0.25, -0.2) is 0 Å². The van der Waals surface area contributed by atoms with Gasteiger partial charge in [0.25, 0.3) is 0 Å². The lowest BCUT2D eigenvalue weighted by molar-refractivity contribution is 0.263. The zero-order chi connectivity index (χ0) is 36.3. The van der Waals surface area contributed by atoms with Gasteiger partial charge in [-0.3, -0.25) is 0 Å². The molecule has 1 aliphatic carbocycles. The maximum atomic E-state index is 6.10. The maximum absolute atomic E-state index is 6.10. The van der Waals surface area contributed by atoms with Crippen molar-refractivity contribution in [2.45, 2.75) is 17.6 Å². The Bertz CT molecular complexity index is 2540. The SMILES string of the molecule is c1ccc(-c2ccc3c(c2)C(c2ccc4cc(OCC5CO5)ccc4c2)(c2ccc4cc(OCC5CO5)ccc4c2)c2cc(-c4ccccc4)ccc2-3)cc1. The van der Waals surface area contributed by atoms with Crippen LogP contribution >= 0.6 is 0 Å². The van der Waals surface area contributed by atoms with Crippen molar-refractivity contribution in [2.24, 2.45) is 0 Å². The standard InChI is InChI=1S/C51H38O4/c1-3-7-33(8-4-1)39-15-21-47-48-22-16-40(34-9-5-2-6-10-34)28-50(48)51(49(47)27-39,41-17-11-37-25-43(19-13-35(37)23-41)52-29-45-31-54-45)42-18-12-38-26-44(20-14-36(38)24-42)53-30-46-32-55-46/h1-28,45-46H,29-32H2. The molecular weight excluding hydrogens is 677 g/mol. The first-order valence-corrected chi connectivity index (χ1v) is 19.2. The molecule has 0 N–H and O–H groups in total. The smallest absolute Gasteiger partial charge is 0.120 e. The predicted octanol–water partition coefficient (Wildman–Crippen LogP) is 11.2. The summed E-state index contributed by atoms with van der Waals surface area (Å²) in [7, 11) is 0. The van der Waals surface area contributed by atoms with Gasteiger partial charge in [0.2, 0.25) is 0 Å². The van der Waals surface area contributed by atoms with Crippen molar-refractivity contribution in [3.8, 4) is 44.9 Å². The quantitative estimate of drug-likeness (QED) is 0.132. The highest BCUT2D eigenvalue weighted by atomic mass is 16.6. The molecule has 2 saturated heterocycles. The predicted molar refractivity (Wildman–Crippen MR) is 220 cm³/mol. The zero-order valence-corrected chi connectivity index (χ0v) is 30.3. The molecule has 2 unspecified atom stereocenters. The molecule has 0 aromatic heterocycles. The third-order valence-corrected chi connectivity index (χ3v) is 11.5. The second kappa shape index (κ2) is 13.0. The molecule has 0 radical (unpaired) electrons. The number of ether oxygens (including phenoxy) is 4. The first-order chi connectivity index (χ1) is 27.2. The van der Waals surface area contributed by atoms with Gasteiger partial charge in [-0.05, 0) is 126 Å². The third kappa shape index (κ3) is 5.77. The Labute approximate surface area is 320 Å². The molecule has 0 bridgehead atoms. The summed E-state index contributed by atoms with van der Waals surface area (Å²) in [6.45, 7) is 2.72. The zero-order valence-electron chi connectivity index (χ0n) is 30.3. The minimum Gasteiger partial charge on any atom is -0.491 e. The normalized spacial score (nSPS) is 17.5. The Hall–Kier alpha value is -6.20. The number of fused-ring (bicyclic) bond motifs is 5. The van der Waals surface area contributed by atoms with Gasteiger partial charge >= 0.3 is 0 Å². The van der Waals surface area contributed by atoms with Crippen LogP contribution in [-0.2, 0) is 14.9 Å². The maximum Gasteiger partial charge on any atom is 0.120 e. The topological polar surface area (TPSA) is 43.5 Å². The highest BCUT2D eigenvalue weighted by Crippen LogP contribution is 2.58. The van der Waals surface area contributed by atoms with Gasteiger partial charge in [0, 0.05) is 0 Å². The van der Waals surface area contributed by atoms with Crippen molar-refractivity contribution in [2.75, 3.05) is 26.4 Å². The van der Waals surface area contributed by atoms with E-state index in [1.165, 1.54) is 66.4 Å². The Morgan fingerprint density at radius 2 is 0.836 bits per heavy atom. The molecule has 8 aromatic rings. The highest BCUT2D eigenvalue weighted by molar-refractivity contribution is 5.94. The molecule has 4 heteroatoms. The van der Waals surface area contributed by atoms with E-state index in [9.17, 15) is 0 Å². The van der Waals surface area contributed by atoms with E-state index < -0.39 is 5.41 Å². The van der Waals surface area contributed by atoms with Crippen molar-refractivity contribution >= 4 is 21.5 Å². The first-order valence-electron chi connectivity index (χ1n) is 19.2. The van der Waals surface area contributed by atoms with Crippen molar-refractivity contribution < 1.29 is 18.9 Å². The van der Waals surface area contributed by atoms with Crippen LogP contribution in [0, 0.1) is 0 Å². The Kier molecular flexibility index (Phi) is 7.61. The van der Waals surface area contributed by atoms with Gasteiger partial charge in [0.05, 0.1) is 18.6 Å². The van der Waals surface area contributed by atoms with E-state index in [4.69, 9.17) is 18.9 Å². The molecule has 0 spiro atoms. The molecule has 2 heterocycles. The fourth-order valence-electron chi connectivity index (χ4n) is 8.53. The first kappa shape index (κ1) is 32.2. The summed E-state index contributed by atoms with van der Waals surface area (Å²) in [6, 6.07) is 62.4. The second-order valence-electron chi connectivity index (χ2n) is 15.0. The summed E-state index contributed by atoms with van der Waals surface area (Å²) >= 11 is 0. The Morgan fingerprint density at radius 3 is 1.27 bits per heavy atom. The van der Waals surface area contributed by atoms with Gasteiger partial charge in [-0.1, -0.05) is 121 Å². The van der Waals surface area contributed by atoms with Crippen molar-refractivity contribution in [1.29, 1.82) is 0 Å². The number of rotatable bonds is 10. The molecule has 0 saturated carbocycles. The summed E-state index contributed by atoms with van der Waals surface area (Å²) in [6.07, 6.45) is 0.417. The lowest BCUT2D eigenvalue weighted by Crippen LogP contribution is -2.28. The molecule has 11 rings (SSSR count). The molecule has 266 valence electrons. The molecule has 3 aliphatic rings. The van der Waals surface area contributed by atoms with Crippen LogP contribution in [-0.4, -0.2) is 38.6 Å². The van der Waals surface area contributed by atoms with E-state index in [0.29, 0.717) is 13.2 Å². The highest BCUT2D eigenvalue weighted by Gasteiger charge is 2.47. The van der Waals surface area contributed by atoms with Crippen molar-refractivity contribution in [3.63, 3.8) is 0 Å². The van der Waals surface area contributed by atoms with Gasteiger partial charge in [-0.2, -0.15) is 0 Å². The van der Waals surface area contributed by atoms with Crippen molar-refractivity contribution in [1.82, 2.24) is 0 Å². The third-order valence-electron chi connectivity index (χ3n) is 11.5. The van der Waals surface area contributed by atoms with Crippen LogP contribution in [0.2, 0.25) is 0 Å². The number of hydrogen-bond acceptors (Lipinski definition) is 4. The van der Waals surface area contributed by atoms with Gasteiger partial charge in [-0.15, -0.1) is 0 Å². The lowest BCUT2D eigenvalue weighted by atomic mass is 9.66. The molecule has 2 atom stereocenters.